The van der Waals surface area contributed by atoms with Crippen molar-refractivity contribution in [2.24, 2.45) is 5.92 Å². The number of aliphatic hydroxyl groups is 1. The molecule has 0 aliphatic heterocycles. The van der Waals surface area contributed by atoms with E-state index >= 15 is 0 Å². The number of allylic oxidation sites excluding steroid dienone is 2. The van der Waals surface area contributed by atoms with Crippen LogP contribution in [0.3, 0.4) is 0 Å². The predicted octanol–water partition coefficient (Wildman–Crippen LogP) is 4.87. The molecule has 0 spiro atoms. The van der Waals surface area contributed by atoms with Crippen molar-refractivity contribution in [2.75, 3.05) is 0 Å². The molecule has 2 rings (SSSR count). The first kappa shape index (κ1) is 25.4. The number of rotatable bonds is 2. The molecule has 6 heteroatoms. The van der Waals surface area contributed by atoms with Crippen LogP contribution in [-0.4, -0.2) is 28.1 Å². The highest BCUT2D eigenvalue weighted by atomic mass is 32.2. The highest BCUT2D eigenvalue weighted by molar-refractivity contribution is 7.87. The molecule has 1 aliphatic carbocycles. The third kappa shape index (κ3) is 5.93. The summed E-state index contributed by atoms with van der Waals surface area (Å²) < 4.78 is 30.2. The zero-order valence-electron chi connectivity index (χ0n) is 18.8. The van der Waals surface area contributed by atoms with Crippen LogP contribution in [-0.2, 0) is 27.4 Å². The molecule has 2 atom stereocenters. The van der Waals surface area contributed by atoms with E-state index in [9.17, 15) is 18.6 Å². The lowest BCUT2D eigenvalue weighted by atomic mass is 9.78. The Hall–Kier alpha value is -1.63. The van der Waals surface area contributed by atoms with E-state index in [1.165, 1.54) is 24.6 Å². The molecule has 164 valence electrons. The summed E-state index contributed by atoms with van der Waals surface area (Å²) in [5.41, 5.74) is 3.38. The van der Waals surface area contributed by atoms with Gasteiger partial charge in [0.1, 0.15) is 5.75 Å². The fourth-order valence-electron chi connectivity index (χ4n) is 3.08. The molecule has 0 radical (unpaired) electrons. The Balaban J connectivity index is 0.000000308. The van der Waals surface area contributed by atoms with Crippen LogP contribution in [0.4, 0.5) is 0 Å². The van der Waals surface area contributed by atoms with Gasteiger partial charge in [0.25, 0.3) is 10.1 Å². The Morgan fingerprint density at radius 2 is 1.45 bits per heavy atom. The molecular formula is C23H36O5S. The highest BCUT2D eigenvalue weighted by Crippen LogP contribution is 2.39. The van der Waals surface area contributed by atoms with E-state index in [1.807, 2.05) is 0 Å². The molecule has 5 nitrogen and oxygen atoms in total. The van der Waals surface area contributed by atoms with E-state index in [2.05, 4.69) is 60.6 Å². The first-order valence-corrected chi connectivity index (χ1v) is 11.3. The number of hydrogen-bond acceptors (Lipinski definition) is 4. The number of phenolic OH excluding ortho intramolecular Hbond substituents is 1. The number of hydrogen-bond donors (Lipinski definition) is 3. The average Bonchev–Trinajstić information content (AvgIpc) is 2.55. The second-order valence-electron chi connectivity index (χ2n) is 9.65. The Kier molecular flexibility index (Phi) is 7.55. The third-order valence-electron chi connectivity index (χ3n) is 5.11. The molecule has 1 aromatic rings. The van der Waals surface area contributed by atoms with Crippen molar-refractivity contribution >= 4 is 10.1 Å². The molecule has 1 aliphatic rings. The Morgan fingerprint density at radius 1 is 1.00 bits per heavy atom. The molecule has 0 amide bonds. The molecular weight excluding hydrogens is 388 g/mol. The number of aromatic hydroxyl groups is 1. The van der Waals surface area contributed by atoms with E-state index in [-0.39, 0.29) is 10.8 Å². The predicted molar refractivity (Wildman–Crippen MR) is 119 cm³/mol. The molecule has 0 aromatic heterocycles. The Morgan fingerprint density at radius 3 is 1.72 bits per heavy atom. The summed E-state index contributed by atoms with van der Waals surface area (Å²) in [6, 6.07) is 4.29. The van der Waals surface area contributed by atoms with Gasteiger partial charge in [0.15, 0.2) is 0 Å². The lowest BCUT2D eigenvalue weighted by molar-refractivity contribution is 0.123. The highest BCUT2D eigenvalue weighted by Gasteiger charge is 2.43. The van der Waals surface area contributed by atoms with Gasteiger partial charge in [-0.3, -0.25) is 4.55 Å². The van der Waals surface area contributed by atoms with Crippen LogP contribution in [0.15, 0.2) is 36.4 Å². The SMILES string of the molecule is CC1C=CC=CC1(O)S(=O)(=O)O.CCc1cc(C(C)(C)C)c(O)c(C(C)(C)C)c1. The molecule has 2 unspecified atom stereocenters. The van der Waals surface area contributed by atoms with Gasteiger partial charge >= 0.3 is 0 Å². The quantitative estimate of drug-likeness (QED) is 0.589. The van der Waals surface area contributed by atoms with Crippen LogP contribution < -0.4 is 0 Å². The van der Waals surface area contributed by atoms with E-state index in [1.54, 1.807) is 6.08 Å². The summed E-state index contributed by atoms with van der Waals surface area (Å²) in [5.74, 6) is -0.167. The van der Waals surface area contributed by atoms with Crippen molar-refractivity contribution in [3.8, 4) is 5.75 Å². The maximum atomic E-state index is 10.7. The number of aryl methyl sites for hydroxylation is 1. The zero-order valence-corrected chi connectivity index (χ0v) is 19.6. The first-order valence-electron chi connectivity index (χ1n) is 9.87. The van der Waals surface area contributed by atoms with Crippen LogP contribution in [0, 0.1) is 5.92 Å². The normalized spacial score (nSPS) is 22.2. The largest absolute Gasteiger partial charge is 0.507 e. The summed E-state index contributed by atoms with van der Waals surface area (Å²) in [7, 11) is -4.46. The molecule has 0 saturated carbocycles. The van der Waals surface area contributed by atoms with Gasteiger partial charge in [-0.1, -0.05) is 85.8 Å². The van der Waals surface area contributed by atoms with Gasteiger partial charge in [-0.25, -0.2) is 0 Å². The lowest BCUT2D eigenvalue weighted by Crippen LogP contribution is -2.42. The van der Waals surface area contributed by atoms with Gasteiger partial charge < -0.3 is 10.2 Å². The minimum Gasteiger partial charge on any atom is -0.507 e. The smallest absolute Gasteiger partial charge is 0.299 e. The van der Waals surface area contributed by atoms with Crippen LogP contribution in [0.1, 0.15) is 72.1 Å². The Bertz CT molecular complexity index is 848. The van der Waals surface area contributed by atoms with Crippen LogP contribution in [0.2, 0.25) is 0 Å². The molecule has 0 fully saturated rings. The van der Waals surface area contributed by atoms with E-state index in [0.29, 0.717) is 5.75 Å². The van der Waals surface area contributed by atoms with Crippen molar-refractivity contribution in [1.82, 2.24) is 0 Å². The summed E-state index contributed by atoms with van der Waals surface area (Å²) in [6.07, 6.45) is 6.57. The third-order valence-corrected chi connectivity index (χ3v) is 6.44. The van der Waals surface area contributed by atoms with Crippen molar-refractivity contribution in [2.45, 2.75) is 77.6 Å². The summed E-state index contributed by atoms with van der Waals surface area (Å²) in [6.45, 7) is 16.5. The molecule has 3 N–H and O–H groups in total. The topological polar surface area (TPSA) is 94.8 Å². The monoisotopic (exact) mass is 424 g/mol. The van der Waals surface area contributed by atoms with Crippen molar-refractivity contribution < 1.29 is 23.2 Å². The molecule has 0 bridgehead atoms. The van der Waals surface area contributed by atoms with Crippen molar-refractivity contribution in [3.05, 3.63) is 53.1 Å². The molecule has 0 saturated heterocycles. The fraction of sp³-hybridized carbons (Fsp3) is 0.565. The van der Waals surface area contributed by atoms with Crippen LogP contribution >= 0.6 is 0 Å². The summed E-state index contributed by atoms with van der Waals surface area (Å²) >= 11 is 0. The van der Waals surface area contributed by atoms with E-state index < -0.39 is 21.0 Å². The van der Waals surface area contributed by atoms with Crippen LogP contribution in [0.25, 0.3) is 0 Å². The summed E-state index contributed by atoms with van der Waals surface area (Å²) in [5, 5.41) is 20.0. The van der Waals surface area contributed by atoms with Gasteiger partial charge in [-0.2, -0.15) is 8.42 Å². The first-order chi connectivity index (χ1) is 12.9. The van der Waals surface area contributed by atoms with E-state index in [4.69, 9.17) is 4.55 Å². The zero-order chi connectivity index (χ0) is 22.8. The van der Waals surface area contributed by atoms with Gasteiger partial charge in [0.2, 0.25) is 4.93 Å². The van der Waals surface area contributed by atoms with Crippen molar-refractivity contribution in [1.29, 1.82) is 0 Å². The second kappa shape index (κ2) is 8.62. The minimum absolute atomic E-state index is 0.0186. The van der Waals surface area contributed by atoms with E-state index in [0.717, 1.165) is 23.6 Å². The van der Waals surface area contributed by atoms with Gasteiger partial charge in [0, 0.05) is 5.92 Å². The Labute approximate surface area is 175 Å². The number of benzene rings is 1. The van der Waals surface area contributed by atoms with Crippen LogP contribution in [0.5, 0.6) is 5.75 Å². The fourth-order valence-corrected chi connectivity index (χ4v) is 3.88. The molecule has 0 heterocycles. The standard InChI is InChI=1S/C16H26O.C7H10O4S/c1-8-11-9-12(15(2,3)4)14(17)13(10-11)16(5,6)7;1-6-4-2-3-5-7(6,8)12(9,10)11/h9-10,17H,8H2,1-7H3;2-6,8H,1H3,(H,9,10,11). The van der Waals surface area contributed by atoms with Gasteiger partial charge in [0.05, 0.1) is 0 Å². The second-order valence-corrected chi connectivity index (χ2v) is 11.3. The maximum absolute atomic E-state index is 10.7. The maximum Gasteiger partial charge on any atom is 0.299 e. The van der Waals surface area contributed by atoms with Gasteiger partial charge in [-0.05, 0) is 40.0 Å². The molecule has 1 aromatic carbocycles. The summed E-state index contributed by atoms with van der Waals surface area (Å²) in [4.78, 5) is -2.16. The average molecular weight is 425 g/mol. The lowest BCUT2D eigenvalue weighted by Gasteiger charge is -2.28. The van der Waals surface area contributed by atoms with Crippen molar-refractivity contribution in [3.63, 3.8) is 0 Å². The van der Waals surface area contributed by atoms with Gasteiger partial charge in [-0.15, -0.1) is 0 Å². The number of phenols is 1. The molecule has 29 heavy (non-hydrogen) atoms. The minimum atomic E-state index is -4.46.